The van der Waals surface area contributed by atoms with Gasteiger partial charge in [-0.3, -0.25) is 4.79 Å². The molecule has 1 aliphatic heterocycles. The van der Waals surface area contributed by atoms with Crippen LogP contribution in [-0.4, -0.2) is 49.7 Å². The molecule has 1 fully saturated rings. The Bertz CT molecular complexity index is 1040. The third kappa shape index (κ3) is 5.06. The van der Waals surface area contributed by atoms with Gasteiger partial charge in [0, 0.05) is 32.3 Å². The highest BCUT2D eigenvalue weighted by Crippen LogP contribution is 2.29. The molecule has 0 spiro atoms. The van der Waals surface area contributed by atoms with E-state index < -0.39 is 33.5 Å². The SMILES string of the molecule is O=C(/C=C/c1cccc(C(F)(F)F)c1)N1CCN(S(=O)(=O)c2ccc(F)cc2)CC1. The van der Waals surface area contributed by atoms with Crippen LogP contribution in [0.5, 0.6) is 0 Å². The minimum atomic E-state index is -4.47. The molecule has 5 nitrogen and oxygen atoms in total. The van der Waals surface area contributed by atoms with Gasteiger partial charge in [-0.15, -0.1) is 0 Å². The molecule has 0 aromatic heterocycles. The van der Waals surface area contributed by atoms with Crippen LogP contribution in [-0.2, 0) is 21.0 Å². The third-order valence-corrected chi connectivity index (χ3v) is 6.55. The van der Waals surface area contributed by atoms with Gasteiger partial charge in [0.25, 0.3) is 0 Å². The van der Waals surface area contributed by atoms with Gasteiger partial charge in [-0.2, -0.15) is 17.5 Å². The lowest BCUT2D eigenvalue weighted by atomic mass is 10.1. The van der Waals surface area contributed by atoms with Gasteiger partial charge < -0.3 is 4.90 Å². The summed E-state index contributed by atoms with van der Waals surface area (Å²) >= 11 is 0. The van der Waals surface area contributed by atoms with E-state index in [-0.39, 0.29) is 36.6 Å². The number of nitrogens with zero attached hydrogens (tertiary/aromatic N) is 2. The molecule has 0 radical (unpaired) electrons. The summed E-state index contributed by atoms with van der Waals surface area (Å²) in [5, 5.41) is 0. The molecule has 3 rings (SSSR count). The van der Waals surface area contributed by atoms with Crippen LogP contribution >= 0.6 is 0 Å². The highest BCUT2D eigenvalue weighted by atomic mass is 32.2. The number of alkyl halides is 3. The van der Waals surface area contributed by atoms with Crippen LogP contribution in [0.4, 0.5) is 17.6 Å². The average molecular weight is 442 g/mol. The van der Waals surface area contributed by atoms with Crippen molar-refractivity contribution >= 4 is 22.0 Å². The number of carbonyl (C=O) groups is 1. The quantitative estimate of drug-likeness (QED) is 0.539. The van der Waals surface area contributed by atoms with Crippen LogP contribution in [0.25, 0.3) is 6.08 Å². The summed E-state index contributed by atoms with van der Waals surface area (Å²) in [5.74, 6) is -0.969. The number of halogens is 4. The highest BCUT2D eigenvalue weighted by Gasteiger charge is 2.31. The van der Waals surface area contributed by atoms with Gasteiger partial charge >= 0.3 is 6.18 Å². The minimum absolute atomic E-state index is 0.0341. The highest BCUT2D eigenvalue weighted by molar-refractivity contribution is 7.89. The van der Waals surface area contributed by atoms with Crippen molar-refractivity contribution in [1.29, 1.82) is 0 Å². The van der Waals surface area contributed by atoms with Gasteiger partial charge in [-0.05, 0) is 48.0 Å². The van der Waals surface area contributed by atoms with Crippen LogP contribution in [0.2, 0.25) is 0 Å². The van der Waals surface area contributed by atoms with Crippen molar-refractivity contribution in [2.75, 3.05) is 26.2 Å². The third-order valence-electron chi connectivity index (χ3n) is 4.63. The number of carbonyl (C=O) groups excluding carboxylic acids is 1. The van der Waals surface area contributed by atoms with E-state index in [2.05, 4.69) is 0 Å². The first-order valence-electron chi connectivity index (χ1n) is 8.97. The van der Waals surface area contributed by atoms with Crippen LogP contribution in [0.1, 0.15) is 11.1 Å². The molecule has 1 saturated heterocycles. The van der Waals surface area contributed by atoms with Crippen molar-refractivity contribution < 1.29 is 30.8 Å². The van der Waals surface area contributed by atoms with E-state index in [0.29, 0.717) is 0 Å². The maximum absolute atomic E-state index is 13.0. The minimum Gasteiger partial charge on any atom is -0.337 e. The largest absolute Gasteiger partial charge is 0.416 e. The van der Waals surface area contributed by atoms with Crippen LogP contribution in [0, 0.1) is 5.82 Å². The van der Waals surface area contributed by atoms with Crippen molar-refractivity contribution in [2.24, 2.45) is 0 Å². The molecule has 0 bridgehead atoms. The molecule has 0 N–H and O–H groups in total. The Kier molecular flexibility index (Phi) is 6.27. The molecule has 2 aromatic rings. The van der Waals surface area contributed by atoms with E-state index in [9.17, 15) is 30.8 Å². The zero-order valence-electron chi connectivity index (χ0n) is 15.6. The molecule has 30 heavy (non-hydrogen) atoms. The van der Waals surface area contributed by atoms with Gasteiger partial charge in [-0.1, -0.05) is 12.1 Å². The Hall–Kier alpha value is -2.72. The number of amides is 1. The number of hydrogen-bond acceptors (Lipinski definition) is 3. The van der Waals surface area contributed by atoms with Gasteiger partial charge in [0.1, 0.15) is 5.82 Å². The predicted octanol–water partition coefficient (Wildman–Crippen LogP) is 3.39. The number of sulfonamides is 1. The molecule has 0 aliphatic carbocycles. The Morgan fingerprint density at radius 2 is 1.60 bits per heavy atom. The molecule has 2 aromatic carbocycles. The first-order chi connectivity index (χ1) is 14.1. The topological polar surface area (TPSA) is 57.7 Å². The molecule has 1 amide bonds. The smallest absolute Gasteiger partial charge is 0.337 e. The molecule has 1 heterocycles. The average Bonchev–Trinajstić information content (AvgIpc) is 2.72. The maximum atomic E-state index is 13.0. The molecule has 1 aliphatic rings. The van der Waals surface area contributed by atoms with Crippen molar-refractivity contribution in [3.05, 3.63) is 71.6 Å². The van der Waals surface area contributed by atoms with Gasteiger partial charge in [0.05, 0.1) is 10.5 Å². The first-order valence-corrected chi connectivity index (χ1v) is 10.4. The fraction of sp³-hybridized carbons (Fsp3) is 0.250. The van der Waals surface area contributed by atoms with Crippen LogP contribution in [0.15, 0.2) is 59.5 Å². The van der Waals surface area contributed by atoms with Crippen molar-refractivity contribution in [2.45, 2.75) is 11.1 Å². The molecular formula is C20H18F4N2O3S. The molecule has 0 unspecified atom stereocenters. The Labute approximate surface area is 171 Å². The molecule has 10 heteroatoms. The summed E-state index contributed by atoms with van der Waals surface area (Å²) in [5.41, 5.74) is -0.576. The summed E-state index contributed by atoms with van der Waals surface area (Å²) in [6.07, 6.45) is -2.01. The van der Waals surface area contributed by atoms with E-state index in [1.807, 2.05) is 0 Å². The summed E-state index contributed by atoms with van der Waals surface area (Å²) < 4.78 is 77.7. The fourth-order valence-corrected chi connectivity index (χ4v) is 4.42. The Balaban J connectivity index is 1.62. The Morgan fingerprint density at radius 3 is 2.20 bits per heavy atom. The summed E-state index contributed by atoms with van der Waals surface area (Å²) in [4.78, 5) is 13.7. The molecule has 160 valence electrons. The van der Waals surface area contributed by atoms with E-state index in [1.54, 1.807) is 0 Å². The van der Waals surface area contributed by atoms with E-state index in [1.165, 1.54) is 45.6 Å². The second-order valence-corrected chi connectivity index (χ2v) is 8.58. The lowest BCUT2D eigenvalue weighted by molar-refractivity contribution is -0.137. The van der Waals surface area contributed by atoms with Crippen molar-refractivity contribution in [3.8, 4) is 0 Å². The number of benzene rings is 2. The lowest BCUT2D eigenvalue weighted by Crippen LogP contribution is -2.50. The van der Waals surface area contributed by atoms with Gasteiger partial charge in [-0.25, -0.2) is 12.8 Å². The summed E-state index contributed by atoms with van der Waals surface area (Å²) in [6.45, 7) is 0.379. The first kappa shape index (κ1) is 22.0. The van der Waals surface area contributed by atoms with Crippen LogP contribution in [0.3, 0.4) is 0 Å². The maximum Gasteiger partial charge on any atom is 0.416 e. The lowest BCUT2D eigenvalue weighted by Gasteiger charge is -2.33. The monoisotopic (exact) mass is 442 g/mol. The van der Waals surface area contributed by atoms with E-state index >= 15 is 0 Å². The normalized spacial score (nSPS) is 16.2. The number of hydrogen-bond donors (Lipinski definition) is 0. The van der Waals surface area contributed by atoms with E-state index in [4.69, 9.17) is 0 Å². The van der Waals surface area contributed by atoms with Crippen molar-refractivity contribution in [3.63, 3.8) is 0 Å². The zero-order chi connectivity index (χ0) is 21.9. The standard InChI is InChI=1S/C20H18F4N2O3S/c21-17-5-7-18(8-6-17)30(28,29)26-12-10-25(11-13-26)19(27)9-4-15-2-1-3-16(14-15)20(22,23)24/h1-9,14H,10-13H2/b9-4+. The molecule has 0 atom stereocenters. The Morgan fingerprint density at radius 1 is 0.967 bits per heavy atom. The second kappa shape index (κ2) is 8.57. The van der Waals surface area contributed by atoms with Crippen molar-refractivity contribution in [1.82, 2.24) is 9.21 Å². The molecule has 0 saturated carbocycles. The van der Waals surface area contributed by atoms with E-state index in [0.717, 1.165) is 24.3 Å². The van der Waals surface area contributed by atoms with Crippen LogP contribution < -0.4 is 0 Å². The molecular weight excluding hydrogens is 424 g/mol. The predicted molar refractivity (Wildman–Crippen MR) is 102 cm³/mol. The summed E-state index contributed by atoms with van der Waals surface area (Å²) in [7, 11) is -3.80. The fourth-order valence-electron chi connectivity index (χ4n) is 3.00. The number of piperazine rings is 1. The number of rotatable bonds is 4. The summed E-state index contributed by atoms with van der Waals surface area (Å²) in [6, 6.07) is 9.08. The van der Waals surface area contributed by atoms with Gasteiger partial charge in [0.2, 0.25) is 15.9 Å². The second-order valence-electron chi connectivity index (χ2n) is 6.64. The van der Waals surface area contributed by atoms with Gasteiger partial charge in [0.15, 0.2) is 0 Å². The zero-order valence-corrected chi connectivity index (χ0v) is 16.5.